The van der Waals surface area contributed by atoms with Crippen LogP contribution in [0, 0.1) is 0 Å². The second-order valence-electron chi connectivity index (χ2n) is 4.76. The highest BCUT2D eigenvalue weighted by Crippen LogP contribution is 2.29. The lowest BCUT2D eigenvalue weighted by molar-refractivity contribution is -0.118. The van der Waals surface area contributed by atoms with Crippen molar-refractivity contribution >= 4 is 34.8 Å². The third-order valence-electron chi connectivity index (χ3n) is 2.89. The number of amides is 1. The van der Waals surface area contributed by atoms with E-state index in [1.807, 2.05) is 6.92 Å². The van der Waals surface area contributed by atoms with Gasteiger partial charge in [0, 0.05) is 0 Å². The topological polar surface area (TPSA) is 47.6 Å². The number of hydrogen-bond acceptors (Lipinski definition) is 3. The van der Waals surface area contributed by atoms with Gasteiger partial charge in [-0.1, -0.05) is 36.2 Å². The van der Waals surface area contributed by atoms with Crippen LogP contribution in [-0.2, 0) is 4.79 Å². The molecule has 0 bridgehead atoms. The van der Waals surface area contributed by atoms with Crippen LogP contribution >= 0.6 is 23.2 Å². The lowest BCUT2D eigenvalue weighted by Gasteiger charge is -2.10. The van der Waals surface area contributed by atoms with Crippen LogP contribution in [0.15, 0.2) is 42.5 Å². The first-order valence-electron chi connectivity index (χ1n) is 7.19. The van der Waals surface area contributed by atoms with E-state index in [9.17, 15) is 4.79 Å². The van der Waals surface area contributed by atoms with Gasteiger partial charge in [0.15, 0.2) is 6.61 Å². The van der Waals surface area contributed by atoms with Crippen molar-refractivity contribution in [2.75, 3.05) is 18.5 Å². The first-order chi connectivity index (χ1) is 11.1. The molecule has 2 rings (SSSR count). The summed E-state index contributed by atoms with van der Waals surface area (Å²) < 4.78 is 10.9. The molecule has 4 nitrogen and oxygen atoms in total. The van der Waals surface area contributed by atoms with Gasteiger partial charge in [0.2, 0.25) is 0 Å². The van der Waals surface area contributed by atoms with Gasteiger partial charge in [0.05, 0.1) is 22.3 Å². The summed E-state index contributed by atoms with van der Waals surface area (Å²) in [6, 6.07) is 12.1. The molecule has 0 radical (unpaired) electrons. The first kappa shape index (κ1) is 17.4. The molecule has 0 heterocycles. The van der Waals surface area contributed by atoms with E-state index in [1.54, 1.807) is 42.5 Å². The van der Waals surface area contributed by atoms with E-state index in [0.717, 1.165) is 12.2 Å². The average Bonchev–Trinajstić information content (AvgIpc) is 2.56. The molecule has 0 aromatic heterocycles. The Morgan fingerprint density at radius 1 is 1.04 bits per heavy atom. The van der Waals surface area contributed by atoms with Crippen molar-refractivity contribution in [3.8, 4) is 11.5 Å². The summed E-state index contributed by atoms with van der Waals surface area (Å²) in [5, 5.41) is 3.34. The van der Waals surface area contributed by atoms with Gasteiger partial charge in [-0.25, -0.2) is 0 Å². The highest BCUT2D eigenvalue weighted by Gasteiger charge is 2.09. The van der Waals surface area contributed by atoms with Gasteiger partial charge in [-0.3, -0.25) is 4.79 Å². The molecule has 0 unspecified atom stereocenters. The van der Waals surface area contributed by atoms with E-state index in [4.69, 9.17) is 32.7 Å². The molecule has 0 fully saturated rings. The SMILES string of the molecule is CCCOc1ccc(OCC(=O)Nc2cccc(Cl)c2Cl)cc1. The summed E-state index contributed by atoms with van der Waals surface area (Å²) in [6.45, 7) is 2.59. The number of carbonyl (C=O) groups excluding carboxylic acids is 1. The van der Waals surface area contributed by atoms with E-state index in [0.29, 0.717) is 28.1 Å². The highest BCUT2D eigenvalue weighted by molar-refractivity contribution is 6.43. The Bertz CT molecular complexity index is 659. The predicted octanol–water partition coefficient (Wildman–Crippen LogP) is 4.80. The monoisotopic (exact) mass is 353 g/mol. The van der Waals surface area contributed by atoms with Crippen LogP contribution in [0.3, 0.4) is 0 Å². The lowest BCUT2D eigenvalue weighted by Crippen LogP contribution is -2.20. The Morgan fingerprint density at radius 3 is 2.35 bits per heavy atom. The van der Waals surface area contributed by atoms with E-state index in [1.165, 1.54) is 0 Å². The standard InChI is InChI=1S/C17H17Cl2NO3/c1-2-10-22-12-6-8-13(9-7-12)23-11-16(21)20-15-5-3-4-14(18)17(15)19/h3-9H,2,10-11H2,1H3,(H,20,21). The average molecular weight is 354 g/mol. The number of benzene rings is 2. The quantitative estimate of drug-likeness (QED) is 0.777. The molecule has 0 aliphatic carbocycles. The molecule has 0 aliphatic heterocycles. The van der Waals surface area contributed by atoms with Crippen molar-refractivity contribution in [2.45, 2.75) is 13.3 Å². The molecule has 23 heavy (non-hydrogen) atoms. The molecule has 0 atom stereocenters. The minimum absolute atomic E-state index is 0.127. The molecule has 0 spiro atoms. The second kappa shape index (κ2) is 8.65. The molecule has 122 valence electrons. The third-order valence-corrected chi connectivity index (χ3v) is 3.71. The van der Waals surface area contributed by atoms with Crippen molar-refractivity contribution in [3.63, 3.8) is 0 Å². The Morgan fingerprint density at radius 2 is 1.70 bits per heavy atom. The van der Waals surface area contributed by atoms with E-state index < -0.39 is 0 Å². The Labute approximate surface area is 145 Å². The zero-order chi connectivity index (χ0) is 16.7. The molecule has 1 N–H and O–H groups in total. The van der Waals surface area contributed by atoms with Gasteiger partial charge in [-0.05, 0) is 42.8 Å². The number of rotatable bonds is 7. The Balaban J connectivity index is 1.85. The fourth-order valence-corrected chi connectivity index (χ4v) is 2.14. The summed E-state index contributed by atoms with van der Waals surface area (Å²) in [4.78, 5) is 11.9. The molecule has 2 aromatic carbocycles. The fourth-order valence-electron chi connectivity index (χ4n) is 1.79. The minimum Gasteiger partial charge on any atom is -0.494 e. The number of nitrogens with one attached hydrogen (secondary N) is 1. The van der Waals surface area contributed by atoms with Crippen LogP contribution in [0.1, 0.15) is 13.3 Å². The van der Waals surface area contributed by atoms with Crippen LogP contribution in [0.4, 0.5) is 5.69 Å². The normalized spacial score (nSPS) is 10.2. The maximum Gasteiger partial charge on any atom is 0.262 e. The lowest BCUT2D eigenvalue weighted by atomic mass is 10.3. The van der Waals surface area contributed by atoms with Crippen LogP contribution in [0.2, 0.25) is 10.0 Å². The summed E-state index contributed by atoms with van der Waals surface area (Å²) >= 11 is 11.9. The number of ether oxygens (including phenoxy) is 2. The zero-order valence-corrected chi connectivity index (χ0v) is 14.2. The Hall–Kier alpha value is -1.91. The van der Waals surface area contributed by atoms with Crippen LogP contribution in [0.25, 0.3) is 0 Å². The molecule has 1 amide bonds. The molecule has 6 heteroatoms. The van der Waals surface area contributed by atoms with Crippen molar-refractivity contribution in [1.29, 1.82) is 0 Å². The molecular weight excluding hydrogens is 337 g/mol. The van der Waals surface area contributed by atoms with Crippen LogP contribution < -0.4 is 14.8 Å². The summed E-state index contributed by atoms with van der Waals surface area (Å²) in [5.74, 6) is 1.04. The van der Waals surface area contributed by atoms with Crippen molar-refractivity contribution < 1.29 is 14.3 Å². The summed E-state index contributed by atoms with van der Waals surface area (Å²) in [5.41, 5.74) is 0.455. The van der Waals surface area contributed by atoms with Crippen LogP contribution in [-0.4, -0.2) is 19.1 Å². The number of carbonyl (C=O) groups is 1. The maximum atomic E-state index is 11.9. The predicted molar refractivity (Wildman–Crippen MR) is 92.8 cm³/mol. The number of halogens is 2. The van der Waals surface area contributed by atoms with E-state index in [-0.39, 0.29) is 12.5 Å². The van der Waals surface area contributed by atoms with Crippen molar-refractivity contribution in [3.05, 3.63) is 52.5 Å². The van der Waals surface area contributed by atoms with Gasteiger partial charge in [-0.2, -0.15) is 0 Å². The van der Waals surface area contributed by atoms with E-state index >= 15 is 0 Å². The van der Waals surface area contributed by atoms with E-state index in [2.05, 4.69) is 5.32 Å². The van der Waals surface area contributed by atoms with Gasteiger partial charge < -0.3 is 14.8 Å². The molecule has 2 aromatic rings. The number of anilines is 1. The summed E-state index contributed by atoms with van der Waals surface area (Å²) in [6.07, 6.45) is 0.949. The third kappa shape index (κ3) is 5.34. The second-order valence-corrected chi connectivity index (χ2v) is 5.54. The molecule has 0 aliphatic rings. The smallest absolute Gasteiger partial charge is 0.262 e. The van der Waals surface area contributed by atoms with Crippen molar-refractivity contribution in [2.24, 2.45) is 0 Å². The molecule has 0 saturated carbocycles. The zero-order valence-electron chi connectivity index (χ0n) is 12.6. The maximum absolute atomic E-state index is 11.9. The molecule has 0 saturated heterocycles. The first-order valence-corrected chi connectivity index (χ1v) is 7.95. The minimum atomic E-state index is -0.319. The Kier molecular flexibility index (Phi) is 6.56. The fraction of sp³-hybridized carbons (Fsp3) is 0.235. The van der Waals surface area contributed by atoms with Crippen LogP contribution in [0.5, 0.6) is 11.5 Å². The van der Waals surface area contributed by atoms with Gasteiger partial charge in [0.25, 0.3) is 5.91 Å². The van der Waals surface area contributed by atoms with Gasteiger partial charge in [-0.15, -0.1) is 0 Å². The highest BCUT2D eigenvalue weighted by atomic mass is 35.5. The van der Waals surface area contributed by atoms with Gasteiger partial charge in [0.1, 0.15) is 11.5 Å². The largest absolute Gasteiger partial charge is 0.494 e. The summed E-state index contributed by atoms with van der Waals surface area (Å²) in [7, 11) is 0. The molecular formula is C17H17Cl2NO3. The number of hydrogen-bond donors (Lipinski definition) is 1. The van der Waals surface area contributed by atoms with Gasteiger partial charge >= 0.3 is 0 Å². The van der Waals surface area contributed by atoms with Crippen molar-refractivity contribution in [1.82, 2.24) is 0 Å².